The van der Waals surface area contributed by atoms with Gasteiger partial charge in [-0.2, -0.15) is 0 Å². The number of methoxy groups -OCH3 is 3. The van der Waals surface area contributed by atoms with E-state index in [-0.39, 0.29) is 0 Å². The van der Waals surface area contributed by atoms with E-state index in [0.29, 0.717) is 45.2 Å². The first-order chi connectivity index (χ1) is 19.0. The molecule has 2 heterocycles. The van der Waals surface area contributed by atoms with Crippen molar-refractivity contribution < 1.29 is 23.7 Å². The van der Waals surface area contributed by atoms with Crippen molar-refractivity contribution in [2.45, 2.75) is 0 Å². The van der Waals surface area contributed by atoms with E-state index in [1.807, 2.05) is 23.6 Å². The number of rotatable bonds is 9. The van der Waals surface area contributed by atoms with E-state index >= 15 is 0 Å². The zero-order valence-corrected chi connectivity index (χ0v) is 22.9. The van der Waals surface area contributed by atoms with Gasteiger partial charge in [0.25, 0.3) is 0 Å². The van der Waals surface area contributed by atoms with E-state index in [1.165, 1.54) is 22.7 Å². The van der Waals surface area contributed by atoms with Crippen molar-refractivity contribution in [1.82, 2.24) is 9.97 Å². The molecule has 5 aromatic rings. The van der Waals surface area contributed by atoms with Crippen molar-refractivity contribution in [3.05, 3.63) is 77.7 Å². The van der Waals surface area contributed by atoms with Gasteiger partial charge in [0.15, 0.2) is 16.6 Å². The van der Waals surface area contributed by atoms with Crippen molar-refractivity contribution >= 4 is 45.3 Å². The third-order valence-electron chi connectivity index (χ3n) is 5.62. The Kier molecular flexibility index (Phi) is 7.62. The third kappa shape index (κ3) is 5.64. The van der Waals surface area contributed by atoms with Crippen molar-refractivity contribution in [3.8, 4) is 44.1 Å². The summed E-state index contributed by atoms with van der Waals surface area (Å²) in [4.78, 5) is 22.4. The highest BCUT2D eigenvalue weighted by Crippen LogP contribution is 2.43. The number of carbonyl (C=O) groups excluding carboxylic acids is 1. The lowest BCUT2D eigenvalue weighted by Gasteiger charge is -2.14. The number of hydrogen-bond donors (Lipinski definition) is 2. The van der Waals surface area contributed by atoms with Crippen LogP contribution in [0, 0.1) is 0 Å². The van der Waals surface area contributed by atoms with Gasteiger partial charge in [0.05, 0.1) is 32.6 Å². The number of nitrogens with two attached hydrogens (primary N) is 1. The van der Waals surface area contributed by atoms with Crippen LogP contribution < -0.4 is 30.0 Å². The molecule has 2 aromatic heterocycles. The number of carbonyl (C=O) groups is 1. The average Bonchev–Trinajstić information content (AvgIpc) is 3.59. The largest absolute Gasteiger partial charge is 0.493 e. The number of thiazole rings is 2. The number of aromatic nitrogens is 2. The average molecular weight is 561 g/mol. The molecule has 9 nitrogen and oxygen atoms in total. The summed E-state index contributed by atoms with van der Waals surface area (Å²) in [5, 5.41) is 6.50. The number of hydrogen-bond acceptors (Lipinski definition) is 11. The molecule has 0 aliphatic heterocycles. The van der Waals surface area contributed by atoms with E-state index in [2.05, 4.69) is 10.3 Å². The predicted molar refractivity (Wildman–Crippen MR) is 154 cm³/mol. The number of nitrogen functional groups attached to an aromatic ring is 1. The van der Waals surface area contributed by atoms with E-state index < -0.39 is 5.97 Å². The minimum atomic E-state index is -0.420. The predicted octanol–water partition coefficient (Wildman–Crippen LogP) is 6.50. The molecule has 0 amide bonds. The minimum Gasteiger partial charge on any atom is -0.493 e. The molecule has 0 fully saturated rings. The minimum absolute atomic E-state index is 0.362. The zero-order valence-electron chi connectivity index (χ0n) is 21.3. The standard InChI is InChI=1S/C28H24N4O5S2/c1-34-21-13-18(14-22(35-2)23(21)36-3)30-28-32-25(29)24(39-28)26-31-20(15-38-26)17-10-7-11-19(12-17)37-27(33)16-8-5-4-6-9-16/h4-15H,29H2,1-3H3,(H,30,32). The van der Waals surface area contributed by atoms with E-state index in [9.17, 15) is 4.79 Å². The molecule has 39 heavy (non-hydrogen) atoms. The zero-order chi connectivity index (χ0) is 27.4. The normalized spacial score (nSPS) is 10.6. The highest BCUT2D eigenvalue weighted by Gasteiger charge is 2.18. The van der Waals surface area contributed by atoms with Gasteiger partial charge in [-0.25, -0.2) is 14.8 Å². The summed E-state index contributed by atoms with van der Waals surface area (Å²) in [5.74, 6) is 1.91. The van der Waals surface area contributed by atoms with Crippen LogP contribution in [0.15, 0.2) is 72.1 Å². The summed E-state index contributed by atoms with van der Waals surface area (Å²) in [6.07, 6.45) is 0. The highest BCUT2D eigenvalue weighted by atomic mass is 32.1. The third-order valence-corrected chi connectivity index (χ3v) is 7.60. The Morgan fingerprint density at radius 1 is 0.897 bits per heavy atom. The van der Waals surface area contributed by atoms with Crippen LogP contribution in [0.4, 0.5) is 16.6 Å². The molecule has 3 aromatic carbocycles. The summed E-state index contributed by atoms with van der Waals surface area (Å²) in [5.41, 5.74) is 9.00. The number of esters is 1. The Bertz CT molecular complexity index is 1590. The molecule has 0 unspecified atom stereocenters. The second kappa shape index (κ2) is 11.4. The number of benzene rings is 3. The first-order valence-electron chi connectivity index (χ1n) is 11.7. The monoisotopic (exact) mass is 560 g/mol. The molecule has 0 aliphatic carbocycles. The van der Waals surface area contributed by atoms with E-state index in [0.717, 1.165) is 21.1 Å². The first kappa shape index (κ1) is 26.0. The van der Waals surface area contributed by atoms with Crippen LogP contribution >= 0.6 is 22.7 Å². The van der Waals surface area contributed by atoms with Gasteiger partial charge in [0.2, 0.25) is 5.75 Å². The van der Waals surface area contributed by atoms with Crippen LogP contribution in [0.2, 0.25) is 0 Å². The van der Waals surface area contributed by atoms with E-state index in [1.54, 1.807) is 69.9 Å². The second-order valence-corrected chi connectivity index (χ2v) is 9.95. The van der Waals surface area contributed by atoms with Crippen LogP contribution in [0.3, 0.4) is 0 Å². The lowest BCUT2D eigenvalue weighted by atomic mass is 10.1. The molecule has 0 saturated heterocycles. The fourth-order valence-corrected chi connectivity index (χ4v) is 5.62. The molecule has 0 bridgehead atoms. The topological polar surface area (TPSA) is 118 Å². The molecule has 0 atom stereocenters. The second-order valence-electron chi connectivity index (χ2n) is 8.09. The van der Waals surface area contributed by atoms with Gasteiger partial charge >= 0.3 is 5.97 Å². The van der Waals surface area contributed by atoms with E-state index in [4.69, 9.17) is 29.7 Å². The van der Waals surface area contributed by atoms with Crippen molar-refractivity contribution in [1.29, 1.82) is 0 Å². The Morgan fingerprint density at radius 3 is 2.33 bits per heavy atom. The molecule has 0 saturated carbocycles. The first-order valence-corrected chi connectivity index (χ1v) is 13.4. The fourth-order valence-electron chi connectivity index (χ4n) is 3.79. The maximum atomic E-state index is 12.4. The van der Waals surface area contributed by atoms with Gasteiger partial charge in [-0.3, -0.25) is 0 Å². The summed E-state index contributed by atoms with van der Waals surface area (Å²) < 4.78 is 21.8. The van der Waals surface area contributed by atoms with Gasteiger partial charge in [-0.05, 0) is 24.3 Å². The molecule has 5 rings (SSSR count). The number of anilines is 3. The van der Waals surface area contributed by atoms with Gasteiger partial charge in [-0.1, -0.05) is 41.7 Å². The maximum absolute atomic E-state index is 12.4. The van der Waals surface area contributed by atoms with Crippen molar-refractivity contribution in [3.63, 3.8) is 0 Å². The lowest BCUT2D eigenvalue weighted by molar-refractivity contribution is 0.0735. The van der Waals surface area contributed by atoms with Gasteiger partial charge in [-0.15, -0.1) is 11.3 Å². The molecule has 3 N–H and O–H groups in total. The molecular weight excluding hydrogens is 536 g/mol. The Labute approximate surface area is 232 Å². The van der Waals surface area contributed by atoms with Crippen LogP contribution in [0.5, 0.6) is 23.0 Å². The number of ether oxygens (including phenoxy) is 4. The molecule has 0 aliphatic rings. The smallest absolute Gasteiger partial charge is 0.343 e. The summed E-state index contributed by atoms with van der Waals surface area (Å²) in [6.45, 7) is 0. The summed E-state index contributed by atoms with van der Waals surface area (Å²) in [7, 11) is 4.67. The van der Waals surface area contributed by atoms with Gasteiger partial charge in [0.1, 0.15) is 21.5 Å². The lowest BCUT2D eigenvalue weighted by Crippen LogP contribution is -2.08. The quantitative estimate of drug-likeness (QED) is 0.154. The van der Waals surface area contributed by atoms with Crippen LogP contribution in [-0.4, -0.2) is 37.3 Å². The Morgan fingerprint density at radius 2 is 1.64 bits per heavy atom. The van der Waals surface area contributed by atoms with Crippen LogP contribution in [-0.2, 0) is 0 Å². The summed E-state index contributed by atoms with van der Waals surface area (Å²) in [6, 6.07) is 19.7. The molecule has 198 valence electrons. The van der Waals surface area contributed by atoms with Crippen LogP contribution in [0.1, 0.15) is 10.4 Å². The highest BCUT2D eigenvalue weighted by molar-refractivity contribution is 7.23. The van der Waals surface area contributed by atoms with Crippen LogP contribution in [0.25, 0.3) is 21.1 Å². The maximum Gasteiger partial charge on any atom is 0.343 e. The number of nitrogens with zero attached hydrogens (tertiary/aromatic N) is 2. The Hall–Kier alpha value is -4.61. The van der Waals surface area contributed by atoms with Crippen molar-refractivity contribution in [2.75, 3.05) is 32.4 Å². The molecule has 0 radical (unpaired) electrons. The van der Waals surface area contributed by atoms with Gasteiger partial charge < -0.3 is 30.0 Å². The molecule has 0 spiro atoms. The SMILES string of the molecule is COc1cc(Nc2nc(N)c(-c3nc(-c4cccc(OC(=O)c5ccccc5)c4)cs3)s2)cc(OC)c1OC. The molecular formula is C28H24N4O5S2. The summed E-state index contributed by atoms with van der Waals surface area (Å²) >= 11 is 2.83. The van der Waals surface area contributed by atoms with Gasteiger partial charge in [0, 0.05) is 28.8 Å². The fraction of sp³-hybridized carbons (Fsp3) is 0.107. The molecule has 11 heteroatoms. The Balaban J connectivity index is 1.35. The number of nitrogens with one attached hydrogen (secondary N) is 1. The van der Waals surface area contributed by atoms with Crippen molar-refractivity contribution in [2.24, 2.45) is 0 Å².